The van der Waals surface area contributed by atoms with Gasteiger partial charge in [-0.3, -0.25) is 4.79 Å². The second-order valence-electron chi connectivity index (χ2n) is 4.66. The van der Waals surface area contributed by atoms with Crippen LogP contribution in [0.15, 0.2) is 24.3 Å². The highest BCUT2D eigenvalue weighted by Gasteiger charge is 2.11. The number of aryl methyl sites for hydroxylation is 1. The van der Waals surface area contributed by atoms with Crippen molar-refractivity contribution in [1.82, 2.24) is 5.32 Å². The van der Waals surface area contributed by atoms with Crippen molar-refractivity contribution in [2.45, 2.75) is 26.3 Å². The van der Waals surface area contributed by atoms with E-state index in [4.69, 9.17) is 0 Å². The lowest BCUT2D eigenvalue weighted by Gasteiger charge is -2.13. The van der Waals surface area contributed by atoms with E-state index in [0.717, 1.165) is 5.56 Å². The lowest BCUT2D eigenvalue weighted by molar-refractivity contribution is 0.0939. The minimum Gasteiger partial charge on any atom is -0.350 e. The molecule has 1 rings (SSSR count). The molecule has 1 amide bonds. The lowest BCUT2D eigenvalue weighted by Crippen LogP contribution is -2.33. The molecule has 1 aromatic carbocycles. The fourth-order valence-electron chi connectivity index (χ4n) is 1.48. The number of hydrogen-bond acceptors (Lipinski definition) is 3. The molecule has 18 heavy (non-hydrogen) atoms. The number of carbonyl (C=O) groups is 1. The van der Waals surface area contributed by atoms with Crippen molar-refractivity contribution < 1.29 is 13.2 Å². The van der Waals surface area contributed by atoms with Crippen LogP contribution in [-0.4, -0.2) is 32.4 Å². The van der Waals surface area contributed by atoms with Gasteiger partial charge in [-0.15, -0.1) is 0 Å². The van der Waals surface area contributed by atoms with Crippen molar-refractivity contribution in [3.63, 3.8) is 0 Å². The third kappa shape index (κ3) is 5.31. The van der Waals surface area contributed by atoms with E-state index in [1.807, 2.05) is 19.1 Å². The summed E-state index contributed by atoms with van der Waals surface area (Å²) in [5.41, 5.74) is 1.68. The molecule has 5 heteroatoms. The van der Waals surface area contributed by atoms with Gasteiger partial charge in [-0.2, -0.15) is 0 Å². The minimum absolute atomic E-state index is 0.0857. The third-order valence-electron chi connectivity index (χ3n) is 2.61. The predicted octanol–water partition coefficient (Wildman–Crippen LogP) is 1.55. The quantitative estimate of drug-likeness (QED) is 0.882. The highest BCUT2D eigenvalue weighted by Crippen LogP contribution is 2.04. The number of nitrogens with one attached hydrogen (secondary N) is 1. The van der Waals surface area contributed by atoms with Crippen molar-refractivity contribution >= 4 is 15.7 Å². The Labute approximate surface area is 108 Å². The van der Waals surface area contributed by atoms with E-state index in [2.05, 4.69) is 5.32 Å². The molecule has 0 saturated heterocycles. The number of sulfone groups is 1. The number of benzene rings is 1. The molecule has 0 fully saturated rings. The minimum atomic E-state index is -2.98. The predicted molar refractivity (Wildman–Crippen MR) is 72.4 cm³/mol. The first-order chi connectivity index (χ1) is 8.28. The summed E-state index contributed by atoms with van der Waals surface area (Å²) in [6.07, 6.45) is 1.62. The third-order valence-corrected chi connectivity index (χ3v) is 3.59. The first kappa shape index (κ1) is 14.7. The van der Waals surface area contributed by atoms with Gasteiger partial charge in [0.25, 0.3) is 5.91 Å². The molecule has 0 bridgehead atoms. The lowest BCUT2D eigenvalue weighted by atomic mass is 10.1. The Kier molecular flexibility index (Phi) is 4.90. The summed E-state index contributed by atoms with van der Waals surface area (Å²) in [6, 6.07) is 7.10. The van der Waals surface area contributed by atoms with Gasteiger partial charge in [0, 0.05) is 17.9 Å². The van der Waals surface area contributed by atoms with Gasteiger partial charge in [0.1, 0.15) is 9.84 Å². The molecule has 0 aromatic heterocycles. The van der Waals surface area contributed by atoms with Crippen LogP contribution in [-0.2, 0) is 9.84 Å². The van der Waals surface area contributed by atoms with Crippen LogP contribution in [0.25, 0.3) is 0 Å². The van der Waals surface area contributed by atoms with Crippen molar-refractivity contribution in [3.8, 4) is 0 Å². The average molecular weight is 269 g/mol. The van der Waals surface area contributed by atoms with Crippen LogP contribution < -0.4 is 5.32 Å². The smallest absolute Gasteiger partial charge is 0.251 e. The van der Waals surface area contributed by atoms with Gasteiger partial charge in [0.15, 0.2) is 0 Å². The van der Waals surface area contributed by atoms with Crippen molar-refractivity contribution in [1.29, 1.82) is 0 Å². The van der Waals surface area contributed by atoms with E-state index in [-0.39, 0.29) is 17.7 Å². The molecule has 0 aliphatic carbocycles. The molecular formula is C13H19NO3S. The van der Waals surface area contributed by atoms with Gasteiger partial charge in [-0.25, -0.2) is 8.42 Å². The summed E-state index contributed by atoms with van der Waals surface area (Å²) in [6.45, 7) is 3.76. The second-order valence-corrected chi connectivity index (χ2v) is 6.92. The van der Waals surface area contributed by atoms with Crippen molar-refractivity contribution in [3.05, 3.63) is 35.4 Å². The molecule has 0 unspecified atom stereocenters. The van der Waals surface area contributed by atoms with Crippen LogP contribution in [0.5, 0.6) is 0 Å². The summed E-state index contributed by atoms with van der Waals surface area (Å²) in [4.78, 5) is 11.8. The molecule has 0 radical (unpaired) electrons. The van der Waals surface area contributed by atoms with Crippen molar-refractivity contribution in [2.24, 2.45) is 0 Å². The van der Waals surface area contributed by atoms with Gasteiger partial charge in [-0.05, 0) is 32.4 Å². The zero-order chi connectivity index (χ0) is 13.8. The summed E-state index contributed by atoms with van der Waals surface area (Å²) >= 11 is 0. The molecule has 1 N–H and O–H groups in total. The van der Waals surface area contributed by atoms with E-state index >= 15 is 0 Å². The highest BCUT2D eigenvalue weighted by atomic mass is 32.2. The molecule has 0 aliphatic rings. The molecule has 1 aromatic rings. The van der Waals surface area contributed by atoms with Gasteiger partial charge >= 0.3 is 0 Å². The first-order valence-corrected chi connectivity index (χ1v) is 7.89. The Hall–Kier alpha value is -1.36. The maximum Gasteiger partial charge on any atom is 0.251 e. The van der Waals surface area contributed by atoms with Crippen molar-refractivity contribution in [2.75, 3.05) is 12.0 Å². The molecule has 1 atom stereocenters. The van der Waals surface area contributed by atoms with Crippen LogP contribution in [0.1, 0.15) is 29.3 Å². The molecule has 0 spiro atoms. The van der Waals surface area contributed by atoms with Crippen LogP contribution in [0, 0.1) is 6.92 Å². The van der Waals surface area contributed by atoms with E-state index in [0.29, 0.717) is 12.0 Å². The van der Waals surface area contributed by atoms with Crippen LogP contribution in [0.2, 0.25) is 0 Å². The monoisotopic (exact) mass is 269 g/mol. The molecule has 4 nitrogen and oxygen atoms in total. The Balaban J connectivity index is 2.52. The van der Waals surface area contributed by atoms with Gasteiger partial charge in [0.05, 0.1) is 5.75 Å². The SMILES string of the molecule is Cc1ccc(C(=O)N[C@H](C)CCS(C)(=O)=O)cc1. The van der Waals surface area contributed by atoms with Gasteiger partial charge in [-0.1, -0.05) is 17.7 Å². The number of carbonyl (C=O) groups excluding carboxylic acids is 1. The Morgan fingerprint density at radius 1 is 1.28 bits per heavy atom. The molecule has 0 saturated carbocycles. The summed E-state index contributed by atoms with van der Waals surface area (Å²) in [7, 11) is -2.98. The normalized spacial score (nSPS) is 13.1. The average Bonchev–Trinajstić information content (AvgIpc) is 2.26. The molecule has 0 aliphatic heterocycles. The maximum atomic E-state index is 11.8. The molecular weight excluding hydrogens is 250 g/mol. The topological polar surface area (TPSA) is 63.2 Å². The van der Waals surface area contributed by atoms with Crippen LogP contribution in [0.3, 0.4) is 0 Å². The zero-order valence-electron chi connectivity index (χ0n) is 10.9. The van der Waals surface area contributed by atoms with Gasteiger partial charge < -0.3 is 5.32 Å². The zero-order valence-corrected chi connectivity index (χ0v) is 11.8. The number of hydrogen-bond donors (Lipinski definition) is 1. The standard InChI is InChI=1S/C13H19NO3S/c1-10-4-6-12(7-5-10)13(15)14-11(2)8-9-18(3,16)17/h4-7,11H,8-9H2,1-3H3,(H,14,15)/t11-/m1/s1. The number of amides is 1. The van der Waals surface area contributed by atoms with E-state index in [1.54, 1.807) is 19.1 Å². The van der Waals surface area contributed by atoms with E-state index < -0.39 is 9.84 Å². The number of rotatable bonds is 5. The fraction of sp³-hybridized carbons (Fsp3) is 0.462. The Morgan fingerprint density at radius 3 is 2.33 bits per heavy atom. The first-order valence-electron chi connectivity index (χ1n) is 5.83. The summed E-state index contributed by atoms with van der Waals surface area (Å²) < 4.78 is 22.0. The Morgan fingerprint density at radius 2 is 1.83 bits per heavy atom. The van der Waals surface area contributed by atoms with Gasteiger partial charge in [0.2, 0.25) is 0 Å². The highest BCUT2D eigenvalue weighted by molar-refractivity contribution is 7.90. The summed E-state index contributed by atoms with van der Waals surface area (Å²) in [5.74, 6) is -0.0847. The Bertz CT molecular complexity index is 506. The fourth-order valence-corrected chi connectivity index (χ4v) is 2.26. The molecule has 100 valence electrons. The largest absolute Gasteiger partial charge is 0.350 e. The van der Waals surface area contributed by atoms with Crippen LogP contribution >= 0.6 is 0 Å². The van der Waals surface area contributed by atoms with Crippen LogP contribution in [0.4, 0.5) is 0 Å². The molecule has 0 heterocycles. The van der Waals surface area contributed by atoms with E-state index in [9.17, 15) is 13.2 Å². The summed E-state index contributed by atoms with van der Waals surface area (Å²) in [5, 5.41) is 2.78. The van der Waals surface area contributed by atoms with E-state index in [1.165, 1.54) is 6.26 Å². The second kappa shape index (κ2) is 6.00. The maximum absolute atomic E-state index is 11.8.